The van der Waals surface area contributed by atoms with Gasteiger partial charge in [0.15, 0.2) is 0 Å². The van der Waals surface area contributed by atoms with Crippen LogP contribution >= 0.6 is 11.8 Å². The highest BCUT2D eigenvalue weighted by Crippen LogP contribution is 2.30. The summed E-state index contributed by atoms with van der Waals surface area (Å²) in [5.41, 5.74) is 4.63. The largest absolute Gasteiger partial charge is 0.501 e. The Kier molecular flexibility index (Phi) is 8.23. The molecule has 0 radical (unpaired) electrons. The number of nitrogens with zero attached hydrogens (tertiary/aromatic N) is 1. The summed E-state index contributed by atoms with van der Waals surface area (Å²) in [7, 11) is 4.17. The van der Waals surface area contributed by atoms with E-state index in [1.54, 1.807) is 0 Å². The molecule has 26 heavy (non-hydrogen) atoms. The van der Waals surface area contributed by atoms with Gasteiger partial charge in [0.2, 0.25) is 5.04 Å². The maximum atomic E-state index is 5.75. The SMILES string of the molecule is CCO/C=C(C(SCC)=[N+](C)C)/C(=C\c1ccccc1)c1ccccc1. The third-order valence-electron chi connectivity index (χ3n) is 3.77. The van der Waals surface area contributed by atoms with E-state index in [9.17, 15) is 0 Å². The van der Waals surface area contributed by atoms with Crippen LogP contribution in [0.5, 0.6) is 0 Å². The molecule has 2 nitrogen and oxygen atoms in total. The fourth-order valence-electron chi connectivity index (χ4n) is 2.63. The van der Waals surface area contributed by atoms with Crippen molar-refractivity contribution >= 4 is 28.5 Å². The summed E-state index contributed by atoms with van der Waals surface area (Å²) in [4.78, 5) is 0. The van der Waals surface area contributed by atoms with E-state index in [4.69, 9.17) is 4.74 Å². The molecule has 136 valence electrons. The molecule has 0 spiro atoms. The average Bonchev–Trinajstić information content (AvgIpc) is 2.67. The lowest BCUT2D eigenvalue weighted by molar-refractivity contribution is -0.460. The topological polar surface area (TPSA) is 12.2 Å². The van der Waals surface area contributed by atoms with Gasteiger partial charge in [0.05, 0.1) is 18.4 Å². The monoisotopic (exact) mass is 366 g/mol. The summed E-state index contributed by atoms with van der Waals surface area (Å²) >= 11 is 1.83. The molecular weight excluding hydrogens is 338 g/mol. The lowest BCUT2D eigenvalue weighted by Gasteiger charge is -2.13. The van der Waals surface area contributed by atoms with E-state index in [1.807, 2.05) is 37.1 Å². The van der Waals surface area contributed by atoms with Gasteiger partial charge in [0.25, 0.3) is 0 Å². The molecule has 2 aromatic carbocycles. The summed E-state index contributed by atoms with van der Waals surface area (Å²) in [6, 6.07) is 20.9. The van der Waals surface area contributed by atoms with Crippen LogP contribution in [0.3, 0.4) is 0 Å². The second-order valence-corrected chi connectivity index (χ2v) is 7.21. The fraction of sp³-hybridized carbons (Fsp3) is 0.261. The van der Waals surface area contributed by atoms with Crippen molar-refractivity contribution in [3.63, 3.8) is 0 Å². The maximum absolute atomic E-state index is 5.75. The second-order valence-electron chi connectivity index (χ2n) is 5.95. The van der Waals surface area contributed by atoms with Gasteiger partial charge in [-0.2, -0.15) is 0 Å². The fourth-order valence-corrected chi connectivity index (χ4v) is 3.48. The lowest BCUT2D eigenvalue weighted by Crippen LogP contribution is -2.15. The minimum absolute atomic E-state index is 0.647. The first kappa shape index (κ1) is 20.1. The molecule has 0 heterocycles. The van der Waals surface area contributed by atoms with Crippen LogP contribution in [0.2, 0.25) is 0 Å². The molecule has 2 aromatic rings. The minimum Gasteiger partial charge on any atom is -0.501 e. The number of rotatable bonds is 7. The van der Waals surface area contributed by atoms with E-state index in [0.29, 0.717) is 6.61 Å². The zero-order valence-electron chi connectivity index (χ0n) is 16.1. The lowest BCUT2D eigenvalue weighted by atomic mass is 9.96. The van der Waals surface area contributed by atoms with E-state index in [0.717, 1.165) is 16.9 Å². The van der Waals surface area contributed by atoms with Crippen LogP contribution in [-0.2, 0) is 4.74 Å². The third kappa shape index (κ3) is 5.63. The molecule has 0 saturated heterocycles. The van der Waals surface area contributed by atoms with Gasteiger partial charge in [-0.15, -0.1) is 0 Å². The van der Waals surface area contributed by atoms with Crippen LogP contribution in [-0.4, -0.2) is 36.1 Å². The molecule has 0 amide bonds. The van der Waals surface area contributed by atoms with Crippen LogP contribution in [0, 0.1) is 0 Å². The Morgan fingerprint density at radius 1 is 0.962 bits per heavy atom. The van der Waals surface area contributed by atoms with E-state index >= 15 is 0 Å². The molecule has 0 saturated carbocycles. The van der Waals surface area contributed by atoms with Crippen molar-refractivity contribution in [2.24, 2.45) is 0 Å². The van der Waals surface area contributed by atoms with Crippen molar-refractivity contribution in [1.82, 2.24) is 0 Å². The molecule has 0 unspecified atom stereocenters. The van der Waals surface area contributed by atoms with Crippen molar-refractivity contribution in [1.29, 1.82) is 0 Å². The highest BCUT2D eigenvalue weighted by Gasteiger charge is 2.21. The first-order chi connectivity index (χ1) is 12.7. The Hall–Kier alpha value is -2.26. The van der Waals surface area contributed by atoms with Gasteiger partial charge in [-0.1, -0.05) is 79.3 Å². The second kappa shape index (κ2) is 10.7. The molecular formula is C23H28NOS+. The number of thioether (sulfide) groups is 1. The molecule has 0 aliphatic carbocycles. The Balaban J connectivity index is 2.66. The minimum atomic E-state index is 0.647. The number of allylic oxidation sites excluding steroid dienone is 1. The molecule has 0 atom stereocenters. The molecule has 2 rings (SSSR count). The van der Waals surface area contributed by atoms with Crippen LogP contribution in [0.15, 0.2) is 72.5 Å². The number of hydrogen-bond acceptors (Lipinski definition) is 2. The Morgan fingerprint density at radius 3 is 2.12 bits per heavy atom. The predicted octanol–water partition coefficient (Wildman–Crippen LogP) is 5.57. The number of hydrogen-bond donors (Lipinski definition) is 0. The first-order valence-corrected chi connectivity index (χ1v) is 9.97. The summed E-state index contributed by atoms with van der Waals surface area (Å²) < 4.78 is 7.92. The van der Waals surface area contributed by atoms with Crippen molar-refractivity contribution in [3.8, 4) is 0 Å². The molecule has 0 aliphatic rings. The van der Waals surface area contributed by atoms with E-state index in [1.165, 1.54) is 16.2 Å². The summed E-state index contributed by atoms with van der Waals surface area (Å²) in [6.45, 7) is 4.84. The van der Waals surface area contributed by atoms with Crippen LogP contribution in [0.4, 0.5) is 0 Å². The van der Waals surface area contributed by atoms with Crippen molar-refractivity contribution in [2.45, 2.75) is 13.8 Å². The molecule has 0 aliphatic heterocycles. The first-order valence-electron chi connectivity index (χ1n) is 8.99. The molecule has 0 bridgehead atoms. The van der Waals surface area contributed by atoms with Crippen molar-refractivity contribution in [3.05, 3.63) is 83.6 Å². The van der Waals surface area contributed by atoms with Gasteiger partial charge in [-0.3, -0.25) is 0 Å². The summed E-state index contributed by atoms with van der Waals surface area (Å²) in [5.74, 6) is 1.00. The summed E-state index contributed by atoms with van der Waals surface area (Å²) in [6.07, 6.45) is 4.14. The number of ether oxygens (including phenoxy) is 1. The zero-order valence-corrected chi connectivity index (χ0v) is 16.9. The molecule has 3 heteroatoms. The zero-order chi connectivity index (χ0) is 18.8. The standard InChI is InChI=1S/C23H28NOS/c1-5-25-18-22(23(24(3)4)26-6-2)21(20-15-11-8-12-16-20)17-19-13-9-7-10-14-19/h7-18H,5-6H2,1-4H3/q+1/b21-17-,22-18-. The predicted molar refractivity (Wildman–Crippen MR) is 116 cm³/mol. The highest BCUT2D eigenvalue weighted by molar-refractivity contribution is 8.14. The van der Waals surface area contributed by atoms with Crippen molar-refractivity contribution < 1.29 is 9.31 Å². The molecule has 0 fully saturated rings. The third-order valence-corrected chi connectivity index (χ3v) is 4.92. The molecule has 0 aromatic heterocycles. The maximum Gasteiger partial charge on any atom is 0.245 e. The number of benzene rings is 2. The van der Waals surface area contributed by atoms with Gasteiger partial charge < -0.3 is 4.74 Å². The Morgan fingerprint density at radius 2 is 1.58 bits per heavy atom. The van der Waals surface area contributed by atoms with E-state index in [2.05, 4.69) is 80.2 Å². The van der Waals surface area contributed by atoms with Gasteiger partial charge in [0.1, 0.15) is 14.1 Å². The van der Waals surface area contributed by atoms with Crippen LogP contribution in [0.25, 0.3) is 11.6 Å². The van der Waals surface area contributed by atoms with Gasteiger partial charge in [-0.25, -0.2) is 4.58 Å². The van der Waals surface area contributed by atoms with Gasteiger partial charge in [-0.05, 0) is 29.7 Å². The normalized spacial score (nSPS) is 12.0. The Labute approximate surface area is 161 Å². The van der Waals surface area contributed by atoms with Crippen LogP contribution < -0.4 is 0 Å². The van der Waals surface area contributed by atoms with Crippen molar-refractivity contribution in [2.75, 3.05) is 26.5 Å². The summed E-state index contributed by atoms with van der Waals surface area (Å²) in [5, 5.41) is 1.20. The van der Waals surface area contributed by atoms with E-state index < -0.39 is 0 Å². The van der Waals surface area contributed by atoms with Gasteiger partial charge in [0, 0.05) is 5.75 Å². The molecule has 0 N–H and O–H groups in total. The van der Waals surface area contributed by atoms with Crippen LogP contribution in [0.1, 0.15) is 25.0 Å². The Bertz CT molecular complexity index is 772. The quantitative estimate of drug-likeness (QED) is 0.159. The van der Waals surface area contributed by atoms with E-state index in [-0.39, 0.29) is 0 Å². The average molecular weight is 367 g/mol. The highest BCUT2D eigenvalue weighted by atomic mass is 32.2. The smallest absolute Gasteiger partial charge is 0.245 e. The van der Waals surface area contributed by atoms with Gasteiger partial charge >= 0.3 is 0 Å².